The highest BCUT2D eigenvalue weighted by atomic mass is 16.2. The van der Waals surface area contributed by atoms with Gasteiger partial charge in [0.25, 0.3) is 0 Å². The largest absolute Gasteiger partial charge is 0.336 e. The number of rotatable bonds is 6. The van der Waals surface area contributed by atoms with Gasteiger partial charge in [-0.05, 0) is 54.2 Å². The van der Waals surface area contributed by atoms with Gasteiger partial charge in [-0.3, -0.25) is 9.67 Å². The van der Waals surface area contributed by atoms with E-state index in [-0.39, 0.29) is 6.03 Å². The van der Waals surface area contributed by atoms with Crippen LogP contribution in [0, 0.1) is 0 Å². The monoisotopic (exact) mass is 425 g/mol. The van der Waals surface area contributed by atoms with Crippen LogP contribution in [0.3, 0.4) is 0 Å². The van der Waals surface area contributed by atoms with Crippen molar-refractivity contribution in [3.05, 3.63) is 83.7 Å². The summed E-state index contributed by atoms with van der Waals surface area (Å²) in [5.41, 5.74) is 5.62. The Balaban J connectivity index is 1.21. The number of aromatic nitrogens is 3. The molecule has 1 aliphatic carbocycles. The molecule has 6 heteroatoms. The second-order valence-corrected chi connectivity index (χ2v) is 8.17. The minimum absolute atomic E-state index is 0.163. The summed E-state index contributed by atoms with van der Waals surface area (Å²) in [4.78, 5) is 16.9. The van der Waals surface area contributed by atoms with Gasteiger partial charge in [-0.2, -0.15) is 5.10 Å². The molecule has 1 aliphatic rings. The number of benzene rings is 2. The van der Waals surface area contributed by atoms with E-state index in [0.717, 1.165) is 29.8 Å². The number of nitrogens with one attached hydrogen (secondary N) is 2. The molecule has 4 aromatic rings. The van der Waals surface area contributed by atoms with Crippen LogP contribution in [0.4, 0.5) is 4.79 Å². The molecule has 32 heavy (non-hydrogen) atoms. The summed E-state index contributed by atoms with van der Waals surface area (Å²) >= 11 is 0. The quantitative estimate of drug-likeness (QED) is 0.479. The van der Waals surface area contributed by atoms with Crippen LogP contribution < -0.4 is 10.6 Å². The smallest absolute Gasteiger partial charge is 0.315 e. The van der Waals surface area contributed by atoms with Crippen molar-refractivity contribution in [1.29, 1.82) is 0 Å². The highest BCUT2D eigenvalue weighted by Gasteiger charge is 2.22. The van der Waals surface area contributed by atoms with Gasteiger partial charge in [0.05, 0.1) is 12.2 Å². The van der Waals surface area contributed by atoms with Crippen molar-refractivity contribution in [1.82, 2.24) is 25.4 Å². The fourth-order valence-electron chi connectivity index (χ4n) is 4.52. The van der Waals surface area contributed by atoms with Crippen LogP contribution in [-0.4, -0.2) is 27.3 Å². The van der Waals surface area contributed by atoms with Gasteiger partial charge in [0.1, 0.15) is 5.69 Å². The number of nitrogens with zero attached hydrogens (tertiary/aromatic N) is 3. The van der Waals surface area contributed by atoms with E-state index in [9.17, 15) is 4.79 Å². The van der Waals surface area contributed by atoms with Crippen molar-refractivity contribution >= 4 is 16.8 Å². The van der Waals surface area contributed by atoms with Crippen LogP contribution in [0.15, 0.2) is 66.9 Å². The molecule has 2 N–H and O–H groups in total. The first-order chi connectivity index (χ1) is 15.8. The Morgan fingerprint density at radius 2 is 1.78 bits per heavy atom. The van der Waals surface area contributed by atoms with Crippen molar-refractivity contribution in [2.45, 2.75) is 38.8 Å². The molecule has 0 radical (unpaired) electrons. The standard InChI is InChI=1S/C26H27N5O/c32-26(29-18-20-10-7-9-19-8-1-2-11-21(19)20)28-16-17-31-24-14-4-3-12-22(24)25(30-31)23-13-5-6-15-27-23/h1-2,5-11,13,15H,3-4,12,14,16-18H2,(H2,28,29,32). The summed E-state index contributed by atoms with van der Waals surface area (Å²) in [7, 11) is 0. The van der Waals surface area contributed by atoms with Gasteiger partial charge in [0.2, 0.25) is 0 Å². The normalized spacial score (nSPS) is 13.0. The van der Waals surface area contributed by atoms with Crippen molar-refractivity contribution in [3.8, 4) is 11.4 Å². The molecule has 0 bridgehead atoms. The van der Waals surface area contributed by atoms with Crippen molar-refractivity contribution < 1.29 is 4.79 Å². The first kappa shape index (κ1) is 20.2. The Morgan fingerprint density at radius 1 is 0.938 bits per heavy atom. The minimum Gasteiger partial charge on any atom is -0.336 e. The lowest BCUT2D eigenvalue weighted by molar-refractivity contribution is 0.240. The van der Waals surface area contributed by atoms with Crippen molar-refractivity contribution in [2.24, 2.45) is 0 Å². The van der Waals surface area contributed by atoms with Crippen LogP contribution in [-0.2, 0) is 25.9 Å². The van der Waals surface area contributed by atoms with E-state index in [4.69, 9.17) is 5.10 Å². The van der Waals surface area contributed by atoms with Crippen LogP contribution in [0.2, 0.25) is 0 Å². The zero-order valence-electron chi connectivity index (χ0n) is 18.1. The lowest BCUT2D eigenvalue weighted by Crippen LogP contribution is -2.37. The van der Waals surface area contributed by atoms with E-state index in [0.29, 0.717) is 19.6 Å². The summed E-state index contributed by atoms with van der Waals surface area (Å²) in [5, 5.41) is 13.2. The molecule has 162 valence electrons. The third-order valence-electron chi connectivity index (χ3n) is 6.09. The number of carbonyl (C=O) groups excluding carboxylic acids is 1. The molecule has 0 saturated carbocycles. The molecule has 5 rings (SSSR count). The average molecular weight is 426 g/mol. The summed E-state index contributed by atoms with van der Waals surface area (Å²) in [5.74, 6) is 0. The number of urea groups is 1. The Labute approximate surface area is 187 Å². The van der Waals surface area contributed by atoms with Gasteiger partial charge in [-0.25, -0.2) is 4.79 Å². The van der Waals surface area contributed by atoms with E-state index in [1.54, 1.807) is 0 Å². The molecule has 2 heterocycles. The average Bonchev–Trinajstić information content (AvgIpc) is 3.22. The summed E-state index contributed by atoms with van der Waals surface area (Å²) in [6, 6.07) is 20.2. The predicted molar refractivity (Wildman–Crippen MR) is 126 cm³/mol. The number of amides is 2. The Morgan fingerprint density at radius 3 is 2.69 bits per heavy atom. The molecule has 2 aromatic heterocycles. The van der Waals surface area contributed by atoms with Crippen LogP contribution in [0.1, 0.15) is 29.7 Å². The molecule has 0 fully saturated rings. The van der Waals surface area contributed by atoms with Gasteiger partial charge in [0.15, 0.2) is 0 Å². The molecule has 0 atom stereocenters. The van der Waals surface area contributed by atoms with E-state index in [2.05, 4.69) is 44.6 Å². The molecule has 0 aliphatic heterocycles. The van der Waals surface area contributed by atoms with Gasteiger partial charge in [-0.15, -0.1) is 0 Å². The molecule has 0 saturated heterocycles. The summed E-state index contributed by atoms with van der Waals surface area (Å²) < 4.78 is 2.06. The number of hydrogen-bond donors (Lipinski definition) is 2. The fourth-order valence-corrected chi connectivity index (χ4v) is 4.52. The SMILES string of the molecule is O=C(NCCn1nc(-c2ccccn2)c2c1CCCC2)NCc1cccc2ccccc12. The topological polar surface area (TPSA) is 71.8 Å². The lowest BCUT2D eigenvalue weighted by atomic mass is 9.95. The van der Waals surface area contributed by atoms with Crippen LogP contribution in [0.5, 0.6) is 0 Å². The number of carbonyl (C=O) groups is 1. The summed E-state index contributed by atoms with van der Waals surface area (Å²) in [6.07, 6.45) is 6.25. The highest BCUT2D eigenvalue weighted by Crippen LogP contribution is 2.30. The van der Waals surface area contributed by atoms with Crippen molar-refractivity contribution in [2.75, 3.05) is 6.54 Å². The first-order valence-electron chi connectivity index (χ1n) is 11.3. The molecule has 2 amide bonds. The van der Waals surface area contributed by atoms with E-state index in [1.165, 1.54) is 34.9 Å². The molecule has 2 aromatic carbocycles. The third kappa shape index (κ3) is 4.21. The van der Waals surface area contributed by atoms with E-state index >= 15 is 0 Å². The van der Waals surface area contributed by atoms with Crippen LogP contribution >= 0.6 is 0 Å². The zero-order chi connectivity index (χ0) is 21.8. The molecule has 6 nitrogen and oxygen atoms in total. The Bertz CT molecular complexity index is 1230. The third-order valence-corrected chi connectivity index (χ3v) is 6.09. The number of fused-ring (bicyclic) bond motifs is 2. The second kappa shape index (κ2) is 9.22. The van der Waals surface area contributed by atoms with E-state index < -0.39 is 0 Å². The fraction of sp³-hybridized carbons (Fsp3) is 0.269. The number of pyridine rings is 1. The first-order valence-corrected chi connectivity index (χ1v) is 11.3. The second-order valence-electron chi connectivity index (χ2n) is 8.17. The molecular formula is C26H27N5O. The minimum atomic E-state index is -0.163. The maximum atomic E-state index is 12.4. The van der Waals surface area contributed by atoms with Gasteiger partial charge in [-0.1, -0.05) is 48.5 Å². The Kier molecular flexibility index (Phi) is 5.83. The Hall–Kier alpha value is -3.67. The molecule has 0 spiro atoms. The summed E-state index contributed by atoms with van der Waals surface area (Å²) in [6.45, 7) is 1.67. The maximum Gasteiger partial charge on any atom is 0.315 e. The van der Waals surface area contributed by atoms with Gasteiger partial charge < -0.3 is 10.6 Å². The van der Waals surface area contributed by atoms with Gasteiger partial charge in [0, 0.05) is 30.5 Å². The molecule has 0 unspecified atom stereocenters. The zero-order valence-corrected chi connectivity index (χ0v) is 18.1. The van der Waals surface area contributed by atoms with Crippen LogP contribution in [0.25, 0.3) is 22.2 Å². The van der Waals surface area contributed by atoms with E-state index in [1.807, 2.05) is 42.6 Å². The number of hydrogen-bond acceptors (Lipinski definition) is 3. The maximum absolute atomic E-state index is 12.4. The van der Waals surface area contributed by atoms with Crippen molar-refractivity contribution in [3.63, 3.8) is 0 Å². The van der Waals surface area contributed by atoms with Gasteiger partial charge >= 0.3 is 6.03 Å². The predicted octanol–water partition coefficient (Wildman–Crippen LogP) is 4.48. The lowest BCUT2D eigenvalue weighted by Gasteiger charge is -2.15. The highest BCUT2D eigenvalue weighted by molar-refractivity contribution is 5.86. The molecular weight excluding hydrogens is 398 g/mol.